The third kappa shape index (κ3) is 7.64. The Labute approximate surface area is 118 Å². The molecule has 1 amide bonds. The highest BCUT2D eigenvalue weighted by Gasteiger charge is 2.23. The summed E-state index contributed by atoms with van der Waals surface area (Å²) in [6.07, 6.45) is 1.07. The van der Waals surface area contributed by atoms with E-state index in [0.717, 1.165) is 0 Å². The topological polar surface area (TPSA) is 147 Å². The van der Waals surface area contributed by atoms with Crippen molar-refractivity contribution in [1.82, 2.24) is 5.32 Å². The average molecular weight is 306 g/mol. The molecule has 0 saturated heterocycles. The van der Waals surface area contributed by atoms with E-state index in [0.29, 0.717) is 0 Å². The Balaban J connectivity index is 4.34. The highest BCUT2D eigenvalue weighted by molar-refractivity contribution is 7.85. The third-order valence-corrected chi connectivity index (χ3v) is 3.60. The van der Waals surface area contributed by atoms with Gasteiger partial charge >= 0.3 is 11.9 Å². The lowest BCUT2D eigenvalue weighted by Crippen LogP contribution is -2.45. The van der Waals surface area contributed by atoms with Gasteiger partial charge in [0, 0.05) is 23.0 Å². The number of rotatable bonds is 10. The van der Waals surface area contributed by atoms with Crippen LogP contribution in [0, 0.1) is 0 Å². The summed E-state index contributed by atoms with van der Waals surface area (Å²) in [4.78, 5) is 32.9. The molecule has 0 aliphatic carbocycles. The van der Waals surface area contributed by atoms with Gasteiger partial charge in [0.05, 0.1) is 5.75 Å². The number of amides is 1. The maximum atomic E-state index is 11.5. The van der Waals surface area contributed by atoms with E-state index < -0.39 is 40.7 Å². The molecule has 0 fully saturated rings. The zero-order valence-electron chi connectivity index (χ0n) is 10.8. The fourth-order valence-corrected chi connectivity index (χ4v) is 2.23. The van der Waals surface area contributed by atoms with E-state index in [1.54, 1.807) is 0 Å². The quantitative estimate of drug-likeness (QED) is 0.366. The van der Waals surface area contributed by atoms with Crippen molar-refractivity contribution in [1.29, 1.82) is 0 Å². The highest BCUT2D eigenvalue weighted by atomic mass is 32.2. The number of aliphatic carboxylic acids is 2. The first kappa shape index (κ1) is 18.3. The van der Waals surface area contributed by atoms with Crippen molar-refractivity contribution in [2.24, 2.45) is 5.73 Å². The molecule has 0 bridgehead atoms. The van der Waals surface area contributed by atoms with Gasteiger partial charge in [-0.15, -0.1) is 6.58 Å². The Bertz CT molecular complexity index is 412. The Morgan fingerprint density at radius 3 is 2.35 bits per heavy atom. The van der Waals surface area contributed by atoms with Crippen molar-refractivity contribution >= 4 is 28.6 Å². The number of carboxylic acids is 2. The van der Waals surface area contributed by atoms with Crippen LogP contribution in [0.4, 0.5) is 0 Å². The Hall–Kier alpha value is -1.74. The monoisotopic (exact) mass is 306 g/mol. The molecule has 0 aromatic rings. The van der Waals surface area contributed by atoms with Crippen LogP contribution in [0.15, 0.2) is 12.7 Å². The predicted octanol–water partition coefficient (Wildman–Crippen LogP) is -1.32. The van der Waals surface area contributed by atoms with Crippen LogP contribution in [0.25, 0.3) is 0 Å². The second-order valence-corrected chi connectivity index (χ2v) is 5.55. The fraction of sp³-hybridized carbons (Fsp3) is 0.545. The lowest BCUT2D eigenvalue weighted by Gasteiger charge is -2.14. The zero-order chi connectivity index (χ0) is 15.7. The van der Waals surface area contributed by atoms with E-state index in [9.17, 15) is 18.6 Å². The summed E-state index contributed by atoms with van der Waals surface area (Å²) in [5.74, 6) is -3.30. The zero-order valence-corrected chi connectivity index (χ0v) is 11.6. The van der Waals surface area contributed by atoms with Gasteiger partial charge in [0.2, 0.25) is 5.91 Å². The SMILES string of the molecule is C=CCS(=O)CC(NC(=O)CCC(N)C(=O)O)C(=O)O. The van der Waals surface area contributed by atoms with Crippen LogP contribution < -0.4 is 11.1 Å². The molecule has 0 aliphatic heterocycles. The van der Waals surface area contributed by atoms with Gasteiger partial charge < -0.3 is 21.3 Å². The molecule has 3 unspecified atom stereocenters. The van der Waals surface area contributed by atoms with Crippen LogP contribution in [-0.4, -0.2) is 55.9 Å². The summed E-state index contributed by atoms with van der Waals surface area (Å²) >= 11 is 0. The van der Waals surface area contributed by atoms with Crippen LogP contribution in [0.2, 0.25) is 0 Å². The molecular weight excluding hydrogens is 288 g/mol. The first-order valence-corrected chi connectivity index (χ1v) is 7.23. The molecule has 0 spiro atoms. The minimum Gasteiger partial charge on any atom is -0.480 e. The van der Waals surface area contributed by atoms with Gasteiger partial charge in [-0.2, -0.15) is 0 Å². The van der Waals surface area contributed by atoms with Gasteiger partial charge in [0.15, 0.2) is 0 Å². The van der Waals surface area contributed by atoms with Gasteiger partial charge in [-0.25, -0.2) is 4.79 Å². The highest BCUT2D eigenvalue weighted by Crippen LogP contribution is 1.98. The minimum absolute atomic E-state index is 0.108. The molecule has 20 heavy (non-hydrogen) atoms. The van der Waals surface area contributed by atoms with Crippen LogP contribution in [0.3, 0.4) is 0 Å². The standard InChI is InChI=1S/C11H18N2O6S/c1-2-5-20(19)6-8(11(17)18)13-9(14)4-3-7(12)10(15)16/h2,7-8H,1,3-6,12H2,(H,13,14)(H,15,16)(H,17,18). The summed E-state index contributed by atoms with van der Waals surface area (Å²) in [6, 6.07) is -2.47. The van der Waals surface area contributed by atoms with Crippen LogP contribution in [0.5, 0.6) is 0 Å². The molecule has 5 N–H and O–H groups in total. The van der Waals surface area contributed by atoms with E-state index in [1.165, 1.54) is 6.08 Å². The molecule has 8 nitrogen and oxygen atoms in total. The predicted molar refractivity (Wildman–Crippen MR) is 72.5 cm³/mol. The Kier molecular flexibility index (Phi) is 8.41. The average Bonchev–Trinajstić information content (AvgIpc) is 2.35. The van der Waals surface area contributed by atoms with Gasteiger partial charge in [0.1, 0.15) is 12.1 Å². The minimum atomic E-state index is -1.44. The van der Waals surface area contributed by atoms with E-state index >= 15 is 0 Å². The lowest BCUT2D eigenvalue weighted by molar-refractivity contribution is -0.141. The van der Waals surface area contributed by atoms with Crippen molar-refractivity contribution in [3.8, 4) is 0 Å². The van der Waals surface area contributed by atoms with Crippen molar-refractivity contribution in [2.45, 2.75) is 24.9 Å². The van der Waals surface area contributed by atoms with Gasteiger partial charge in [-0.05, 0) is 6.42 Å². The molecule has 0 aliphatic rings. The second-order valence-electron chi connectivity index (χ2n) is 4.00. The number of carbonyl (C=O) groups is 3. The normalized spacial score (nSPS) is 14.8. The van der Waals surface area contributed by atoms with E-state index in [1.807, 2.05) is 0 Å². The Morgan fingerprint density at radius 2 is 1.90 bits per heavy atom. The van der Waals surface area contributed by atoms with Crippen LogP contribution in [0.1, 0.15) is 12.8 Å². The molecule has 114 valence electrons. The first-order chi connectivity index (χ1) is 9.27. The van der Waals surface area contributed by atoms with E-state index in [4.69, 9.17) is 15.9 Å². The number of hydrogen-bond donors (Lipinski definition) is 4. The fourth-order valence-electron chi connectivity index (χ4n) is 1.24. The molecule has 0 rings (SSSR count). The molecule has 9 heteroatoms. The van der Waals surface area contributed by atoms with Gasteiger partial charge in [-0.3, -0.25) is 13.8 Å². The largest absolute Gasteiger partial charge is 0.480 e. The van der Waals surface area contributed by atoms with Gasteiger partial charge in [-0.1, -0.05) is 6.08 Å². The molecule has 0 heterocycles. The first-order valence-electron chi connectivity index (χ1n) is 5.74. The van der Waals surface area contributed by atoms with Crippen LogP contribution >= 0.6 is 0 Å². The summed E-state index contributed by atoms with van der Waals surface area (Å²) < 4.78 is 11.4. The molecule has 0 radical (unpaired) electrons. The summed E-state index contributed by atoms with van der Waals surface area (Å²) in [5, 5.41) is 19.6. The summed E-state index contributed by atoms with van der Waals surface area (Å²) in [7, 11) is -1.44. The molecule has 0 aromatic carbocycles. The third-order valence-electron chi connectivity index (χ3n) is 2.29. The summed E-state index contributed by atoms with van der Waals surface area (Å²) in [6.45, 7) is 3.38. The maximum absolute atomic E-state index is 11.5. The van der Waals surface area contributed by atoms with Gasteiger partial charge in [0.25, 0.3) is 0 Å². The number of nitrogens with two attached hydrogens (primary N) is 1. The molecule has 0 saturated carbocycles. The number of carboxylic acid groups (broad SMARTS) is 2. The van der Waals surface area contributed by atoms with Crippen molar-refractivity contribution in [3.63, 3.8) is 0 Å². The smallest absolute Gasteiger partial charge is 0.327 e. The van der Waals surface area contributed by atoms with Crippen molar-refractivity contribution < 1.29 is 28.8 Å². The van der Waals surface area contributed by atoms with Crippen molar-refractivity contribution in [2.75, 3.05) is 11.5 Å². The molecule has 3 atom stereocenters. The number of nitrogens with one attached hydrogen (secondary N) is 1. The van der Waals surface area contributed by atoms with Crippen molar-refractivity contribution in [3.05, 3.63) is 12.7 Å². The Morgan fingerprint density at radius 1 is 1.30 bits per heavy atom. The molecular formula is C11H18N2O6S. The number of hydrogen-bond acceptors (Lipinski definition) is 5. The number of carbonyl (C=O) groups excluding carboxylic acids is 1. The second kappa shape index (κ2) is 9.21. The molecule has 0 aromatic heterocycles. The maximum Gasteiger partial charge on any atom is 0.327 e. The summed E-state index contributed by atoms with van der Waals surface area (Å²) in [5.41, 5.74) is 5.22. The van der Waals surface area contributed by atoms with E-state index in [-0.39, 0.29) is 24.3 Å². The lowest BCUT2D eigenvalue weighted by atomic mass is 10.1. The van der Waals surface area contributed by atoms with E-state index in [2.05, 4.69) is 11.9 Å². The van der Waals surface area contributed by atoms with Crippen LogP contribution in [-0.2, 0) is 25.2 Å².